The summed E-state index contributed by atoms with van der Waals surface area (Å²) in [6, 6.07) is 9.90. The molecule has 0 bridgehead atoms. The first-order valence-electron chi connectivity index (χ1n) is 5.75. The molecule has 1 amide bonds. The highest BCUT2D eigenvalue weighted by atomic mass is 16.6. The maximum atomic E-state index is 11.9. The molecule has 1 saturated heterocycles. The Morgan fingerprint density at radius 2 is 2.19 bits per heavy atom. The Morgan fingerprint density at radius 1 is 1.50 bits per heavy atom. The molecule has 1 aromatic rings. The van der Waals surface area contributed by atoms with Gasteiger partial charge in [-0.1, -0.05) is 37.3 Å². The molecule has 1 heterocycles. The number of ether oxygens (including phenoxy) is 1. The normalized spacial score (nSPS) is 20.2. The molecule has 2 rings (SSSR count). The molecule has 0 aromatic heterocycles. The van der Waals surface area contributed by atoms with Gasteiger partial charge in [-0.2, -0.15) is 0 Å². The van der Waals surface area contributed by atoms with Gasteiger partial charge in [0.2, 0.25) is 5.91 Å². The van der Waals surface area contributed by atoms with Crippen molar-refractivity contribution in [2.24, 2.45) is 0 Å². The van der Waals surface area contributed by atoms with Crippen molar-refractivity contribution >= 4 is 5.91 Å². The first-order valence-corrected chi connectivity index (χ1v) is 5.75. The molecule has 16 heavy (non-hydrogen) atoms. The van der Waals surface area contributed by atoms with Gasteiger partial charge in [-0.25, -0.2) is 0 Å². The molecular weight excluding hydrogens is 202 g/mol. The summed E-state index contributed by atoms with van der Waals surface area (Å²) in [5.41, 5.74) is 1.08. The van der Waals surface area contributed by atoms with Gasteiger partial charge in [-0.15, -0.1) is 0 Å². The van der Waals surface area contributed by atoms with Crippen LogP contribution in [0.25, 0.3) is 0 Å². The lowest BCUT2D eigenvalue weighted by molar-refractivity contribution is -0.122. The van der Waals surface area contributed by atoms with E-state index in [2.05, 4.69) is 5.32 Å². The van der Waals surface area contributed by atoms with Crippen LogP contribution in [0, 0.1) is 0 Å². The smallest absolute Gasteiger partial charge is 0.227 e. The van der Waals surface area contributed by atoms with Gasteiger partial charge in [-0.3, -0.25) is 4.79 Å². The van der Waals surface area contributed by atoms with E-state index in [0.717, 1.165) is 18.6 Å². The van der Waals surface area contributed by atoms with Crippen LogP contribution in [0.5, 0.6) is 0 Å². The lowest BCUT2D eigenvalue weighted by atomic mass is 9.96. The monoisotopic (exact) mass is 219 g/mol. The Labute approximate surface area is 95.8 Å². The third kappa shape index (κ3) is 2.83. The lowest BCUT2D eigenvalue weighted by Gasteiger charge is -2.14. The van der Waals surface area contributed by atoms with Crippen molar-refractivity contribution in [2.75, 3.05) is 13.2 Å². The molecule has 1 fully saturated rings. The SMILES string of the molecule is CC[C@H](C(=O)NC[C@H]1CO1)c1ccccc1. The standard InChI is InChI=1S/C13H17NO2/c1-2-12(10-6-4-3-5-7-10)13(15)14-8-11-9-16-11/h3-7,11-12H,2,8-9H2,1H3,(H,14,15)/t11-,12-/m0/s1. The summed E-state index contributed by atoms with van der Waals surface area (Å²) in [6.07, 6.45) is 1.07. The highest BCUT2D eigenvalue weighted by molar-refractivity contribution is 5.83. The highest BCUT2D eigenvalue weighted by Gasteiger charge is 2.25. The van der Waals surface area contributed by atoms with E-state index < -0.39 is 0 Å². The molecule has 2 atom stereocenters. The minimum atomic E-state index is -0.0417. The van der Waals surface area contributed by atoms with Crippen molar-refractivity contribution in [3.8, 4) is 0 Å². The maximum absolute atomic E-state index is 11.9. The minimum Gasteiger partial charge on any atom is -0.371 e. The van der Waals surface area contributed by atoms with Crippen LogP contribution < -0.4 is 5.32 Å². The molecule has 0 radical (unpaired) electrons. The average Bonchev–Trinajstić information content (AvgIpc) is 3.13. The van der Waals surface area contributed by atoms with Crippen molar-refractivity contribution in [3.05, 3.63) is 35.9 Å². The van der Waals surface area contributed by atoms with Crippen LogP contribution in [-0.2, 0) is 9.53 Å². The second-order valence-corrected chi connectivity index (χ2v) is 4.07. The van der Waals surface area contributed by atoms with Gasteiger partial charge in [0.1, 0.15) is 0 Å². The Kier molecular flexibility index (Phi) is 3.57. The molecule has 1 N–H and O–H groups in total. The third-order valence-electron chi connectivity index (χ3n) is 2.83. The number of hydrogen-bond acceptors (Lipinski definition) is 2. The van der Waals surface area contributed by atoms with E-state index in [9.17, 15) is 4.79 Å². The Bertz CT molecular complexity index is 346. The second-order valence-electron chi connectivity index (χ2n) is 4.07. The van der Waals surface area contributed by atoms with E-state index in [1.807, 2.05) is 37.3 Å². The van der Waals surface area contributed by atoms with E-state index in [1.54, 1.807) is 0 Å². The number of hydrogen-bond donors (Lipinski definition) is 1. The Hall–Kier alpha value is -1.35. The van der Waals surface area contributed by atoms with E-state index in [4.69, 9.17) is 4.74 Å². The van der Waals surface area contributed by atoms with Gasteiger partial charge in [0, 0.05) is 6.54 Å². The van der Waals surface area contributed by atoms with Crippen molar-refractivity contribution in [3.63, 3.8) is 0 Å². The zero-order chi connectivity index (χ0) is 11.4. The average molecular weight is 219 g/mol. The van der Waals surface area contributed by atoms with E-state index in [1.165, 1.54) is 0 Å². The van der Waals surface area contributed by atoms with Crippen LogP contribution in [0.3, 0.4) is 0 Å². The summed E-state index contributed by atoms with van der Waals surface area (Å²) >= 11 is 0. The fraction of sp³-hybridized carbons (Fsp3) is 0.462. The minimum absolute atomic E-state index is 0.0417. The van der Waals surface area contributed by atoms with Crippen LogP contribution >= 0.6 is 0 Å². The van der Waals surface area contributed by atoms with Crippen molar-refractivity contribution in [2.45, 2.75) is 25.4 Å². The van der Waals surface area contributed by atoms with E-state index >= 15 is 0 Å². The molecule has 3 nitrogen and oxygen atoms in total. The Balaban J connectivity index is 1.95. The Morgan fingerprint density at radius 3 is 2.75 bits per heavy atom. The predicted octanol–water partition coefficient (Wildman–Crippen LogP) is 1.70. The number of benzene rings is 1. The number of amides is 1. The molecule has 1 aliphatic rings. The molecule has 1 aliphatic heterocycles. The van der Waals surface area contributed by atoms with Gasteiger partial charge in [0.05, 0.1) is 18.6 Å². The van der Waals surface area contributed by atoms with Crippen molar-refractivity contribution in [1.29, 1.82) is 0 Å². The summed E-state index contributed by atoms with van der Waals surface area (Å²) in [5.74, 6) is 0.0594. The first kappa shape index (κ1) is 11.1. The zero-order valence-corrected chi connectivity index (χ0v) is 9.48. The van der Waals surface area contributed by atoms with Crippen LogP contribution in [0.4, 0.5) is 0 Å². The summed E-state index contributed by atoms with van der Waals surface area (Å²) < 4.78 is 5.06. The zero-order valence-electron chi connectivity index (χ0n) is 9.48. The molecule has 0 aliphatic carbocycles. The summed E-state index contributed by atoms with van der Waals surface area (Å²) in [6.45, 7) is 3.45. The van der Waals surface area contributed by atoms with Crippen molar-refractivity contribution < 1.29 is 9.53 Å². The number of carbonyl (C=O) groups is 1. The van der Waals surface area contributed by atoms with Gasteiger partial charge in [0.15, 0.2) is 0 Å². The molecular formula is C13H17NO2. The fourth-order valence-corrected chi connectivity index (χ4v) is 1.78. The fourth-order valence-electron chi connectivity index (χ4n) is 1.78. The van der Waals surface area contributed by atoms with Crippen LogP contribution in [0.2, 0.25) is 0 Å². The third-order valence-corrected chi connectivity index (χ3v) is 2.83. The molecule has 0 unspecified atom stereocenters. The van der Waals surface area contributed by atoms with E-state index in [0.29, 0.717) is 6.54 Å². The maximum Gasteiger partial charge on any atom is 0.227 e. The van der Waals surface area contributed by atoms with Crippen LogP contribution in [-0.4, -0.2) is 25.2 Å². The number of epoxide rings is 1. The molecule has 3 heteroatoms. The van der Waals surface area contributed by atoms with Crippen LogP contribution in [0.1, 0.15) is 24.8 Å². The predicted molar refractivity (Wildman–Crippen MR) is 62.2 cm³/mol. The molecule has 86 valence electrons. The number of rotatable bonds is 5. The largest absolute Gasteiger partial charge is 0.371 e. The molecule has 0 saturated carbocycles. The van der Waals surface area contributed by atoms with Gasteiger partial charge in [-0.05, 0) is 12.0 Å². The van der Waals surface area contributed by atoms with E-state index in [-0.39, 0.29) is 17.9 Å². The van der Waals surface area contributed by atoms with Gasteiger partial charge >= 0.3 is 0 Å². The summed E-state index contributed by atoms with van der Waals surface area (Å²) in [5, 5.41) is 2.93. The highest BCUT2D eigenvalue weighted by Crippen LogP contribution is 2.19. The summed E-state index contributed by atoms with van der Waals surface area (Å²) in [7, 11) is 0. The molecule has 0 spiro atoms. The van der Waals surface area contributed by atoms with Crippen molar-refractivity contribution in [1.82, 2.24) is 5.32 Å². The topological polar surface area (TPSA) is 41.6 Å². The quantitative estimate of drug-likeness (QED) is 0.766. The lowest BCUT2D eigenvalue weighted by Crippen LogP contribution is -2.32. The van der Waals surface area contributed by atoms with Gasteiger partial charge < -0.3 is 10.1 Å². The molecule has 1 aromatic carbocycles. The van der Waals surface area contributed by atoms with Crippen LogP contribution in [0.15, 0.2) is 30.3 Å². The first-order chi connectivity index (χ1) is 7.81. The van der Waals surface area contributed by atoms with Gasteiger partial charge in [0.25, 0.3) is 0 Å². The summed E-state index contributed by atoms with van der Waals surface area (Å²) in [4.78, 5) is 11.9. The number of nitrogens with one attached hydrogen (secondary N) is 1. The number of carbonyl (C=O) groups excluding carboxylic acids is 1. The second kappa shape index (κ2) is 5.12.